The summed E-state index contributed by atoms with van der Waals surface area (Å²) in [5.41, 5.74) is 3.70. The second kappa shape index (κ2) is 7.28. The number of sulfonamides is 1. The Kier molecular flexibility index (Phi) is 5.21. The van der Waals surface area contributed by atoms with E-state index in [9.17, 15) is 8.42 Å². The van der Waals surface area contributed by atoms with E-state index in [4.69, 9.17) is 0 Å². The first kappa shape index (κ1) is 19.3. The minimum absolute atomic E-state index is 0.221. The number of aromatic nitrogens is 4. The molecule has 3 rings (SSSR count). The van der Waals surface area contributed by atoms with Gasteiger partial charge in [0.15, 0.2) is 0 Å². The molecule has 0 bridgehead atoms. The molecule has 7 nitrogen and oxygen atoms in total. The number of nitrogens with zero attached hydrogens (tertiary/aromatic N) is 4. The number of rotatable bonds is 6. The van der Waals surface area contributed by atoms with Gasteiger partial charge in [0.25, 0.3) is 0 Å². The van der Waals surface area contributed by atoms with Crippen LogP contribution in [-0.2, 0) is 16.6 Å². The zero-order valence-electron chi connectivity index (χ0n) is 16.3. The van der Waals surface area contributed by atoms with Gasteiger partial charge in [0.2, 0.25) is 10.0 Å². The van der Waals surface area contributed by atoms with Crippen LogP contribution in [0.3, 0.4) is 0 Å². The summed E-state index contributed by atoms with van der Waals surface area (Å²) in [6.07, 6.45) is 1.72. The summed E-state index contributed by atoms with van der Waals surface area (Å²) in [5, 5.41) is 8.75. The third kappa shape index (κ3) is 3.54. The van der Waals surface area contributed by atoms with E-state index in [1.165, 1.54) is 0 Å². The highest BCUT2D eigenvalue weighted by Gasteiger charge is 2.28. The molecule has 1 N–H and O–H groups in total. The molecule has 0 saturated heterocycles. The summed E-state index contributed by atoms with van der Waals surface area (Å²) in [7, 11) is -3.74. The molecule has 1 unspecified atom stereocenters. The third-order valence-corrected chi connectivity index (χ3v) is 6.53. The van der Waals surface area contributed by atoms with Crippen LogP contribution in [0.1, 0.15) is 42.5 Å². The molecule has 0 amide bonds. The molecule has 2 heterocycles. The highest BCUT2D eigenvalue weighted by molar-refractivity contribution is 7.89. The number of hydrogen-bond acceptors (Lipinski definition) is 4. The molecule has 0 radical (unpaired) electrons. The Hall–Kier alpha value is -2.45. The van der Waals surface area contributed by atoms with Gasteiger partial charge in [0, 0.05) is 23.8 Å². The van der Waals surface area contributed by atoms with Crippen molar-refractivity contribution < 1.29 is 8.42 Å². The van der Waals surface area contributed by atoms with E-state index in [1.54, 1.807) is 24.7 Å². The van der Waals surface area contributed by atoms with Gasteiger partial charge >= 0.3 is 0 Å². The molecule has 0 saturated carbocycles. The van der Waals surface area contributed by atoms with Crippen molar-refractivity contribution in [2.24, 2.45) is 0 Å². The molecule has 2 aromatic heterocycles. The predicted molar refractivity (Wildman–Crippen MR) is 104 cm³/mol. The monoisotopic (exact) mass is 387 g/mol. The molecule has 144 valence electrons. The number of benzene rings is 1. The van der Waals surface area contributed by atoms with E-state index in [0.29, 0.717) is 11.4 Å². The van der Waals surface area contributed by atoms with Gasteiger partial charge in [0.1, 0.15) is 4.90 Å². The zero-order chi connectivity index (χ0) is 19.8. The van der Waals surface area contributed by atoms with Gasteiger partial charge in [-0.2, -0.15) is 10.2 Å². The van der Waals surface area contributed by atoms with Crippen LogP contribution >= 0.6 is 0 Å². The van der Waals surface area contributed by atoms with Crippen LogP contribution in [0.4, 0.5) is 0 Å². The minimum Gasteiger partial charge on any atom is -0.270 e. The molecule has 0 aliphatic carbocycles. The number of hydrogen-bond donors (Lipinski definition) is 1. The topological polar surface area (TPSA) is 81.8 Å². The summed E-state index contributed by atoms with van der Waals surface area (Å²) in [4.78, 5) is 0.221. The average Bonchev–Trinajstić information content (AvgIpc) is 3.14. The number of para-hydroxylation sites is 1. The zero-order valence-corrected chi connectivity index (χ0v) is 17.1. The maximum absolute atomic E-state index is 13.1. The normalized spacial score (nSPS) is 13.1. The van der Waals surface area contributed by atoms with Crippen LogP contribution < -0.4 is 4.72 Å². The van der Waals surface area contributed by atoms with Gasteiger partial charge < -0.3 is 0 Å². The predicted octanol–water partition coefficient (Wildman–Crippen LogP) is 3.05. The van der Waals surface area contributed by atoms with Gasteiger partial charge in [-0.3, -0.25) is 4.68 Å². The Morgan fingerprint density at radius 1 is 1.11 bits per heavy atom. The number of nitrogens with one attached hydrogen (secondary N) is 1. The Balaban J connectivity index is 1.96. The van der Waals surface area contributed by atoms with Gasteiger partial charge in [-0.05, 0) is 46.8 Å². The second-order valence-corrected chi connectivity index (χ2v) is 8.24. The molecule has 3 aromatic rings. The van der Waals surface area contributed by atoms with Crippen LogP contribution in [-0.4, -0.2) is 28.0 Å². The molecule has 0 aliphatic heterocycles. The lowest BCUT2D eigenvalue weighted by molar-refractivity contribution is 0.564. The highest BCUT2D eigenvalue weighted by Crippen LogP contribution is 2.25. The fourth-order valence-electron chi connectivity index (χ4n) is 3.40. The van der Waals surface area contributed by atoms with Gasteiger partial charge in [0.05, 0.1) is 23.3 Å². The first-order valence-corrected chi connectivity index (χ1v) is 10.4. The maximum atomic E-state index is 13.1. The lowest BCUT2D eigenvalue weighted by atomic mass is 10.1. The summed E-state index contributed by atoms with van der Waals surface area (Å²) in [6.45, 7) is 10.0. The van der Waals surface area contributed by atoms with E-state index in [0.717, 1.165) is 23.5 Å². The van der Waals surface area contributed by atoms with E-state index in [-0.39, 0.29) is 4.90 Å². The van der Waals surface area contributed by atoms with Crippen molar-refractivity contribution in [3.63, 3.8) is 0 Å². The Labute approximate surface area is 160 Å². The van der Waals surface area contributed by atoms with Crippen molar-refractivity contribution in [1.82, 2.24) is 24.3 Å². The molecule has 0 aliphatic rings. The fourth-order valence-corrected chi connectivity index (χ4v) is 5.01. The minimum atomic E-state index is -3.74. The average molecular weight is 388 g/mol. The fraction of sp³-hybridized carbons (Fsp3) is 0.368. The molecule has 27 heavy (non-hydrogen) atoms. The smallest absolute Gasteiger partial charge is 0.244 e. The second-order valence-electron chi connectivity index (χ2n) is 6.59. The quantitative estimate of drug-likeness (QED) is 0.705. The van der Waals surface area contributed by atoms with Gasteiger partial charge in [-0.25, -0.2) is 17.8 Å². The lowest BCUT2D eigenvalue weighted by Crippen LogP contribution is -2.28. The highest BCUT2D eigenvalue weighted by atomic mass is 32.2. The molecular formula is C19H25N5O2S. The van der Waals surface area contributed by atoms with Crippen LogP contribution in [0.2, 0.25) is 0 Å². The standard InChI is InChI=1S/C19H25N5O2S/c1-6-23-15(4)18(12-20-23)13(2)22-27(25,26)19-14(3)21-24(16(19)5)17-10-8-7-9-11-17/h7-13,22H,6H2,1-5H3. The summed E-state index contributed by atoms with van der Waals surface area (Å²) in [6, 6.07) is 9.11. The van der Waals surface area contributed by atoms with Crippen molar-refractivity contribution in [3.8, 4) is 5.69 Å². The third-order valence-electron chi connectivity index (χ3n) is 4.73. The Morgan fingerprint density at radius 3 is 2.37 bits per heavy atom. The first-order valence-electron chi connectivity index (χ1n) is 8.92. The van der Waals surface area contributed by atoms with Crippen molar-refractivity contribution in [1.29, 1.82) is 0 Å². The molecule has 0 spiro atoms. The molecular weight excluding hydrogens is 362 g/mol. The molecule has 8 heteroatoms. The van der Waals surface area contributed by atoms with Crippen molar-refractivity contribution in [2.75, 3.05) is 0 Å². The first-order chi connectivity index (χ1) is 12.8. The maximum Gasteiger partial charge on any atom is 0.244 e. The van der Waals surface area contributed by atoms with Crippen molar-refractivity contribution in [3.05, 3.63) is 59.2 Å². The van der Waals surface area contributed by atoms with Crippen LogP contribution in [0.15, 0.2) is 41.4 Å². The molecule has 1 atom stereocenters. The van der Waals surface area contributed by atoms with E-state index in [2.05, 4.69) is 14.9 Å². The Bertz CT molecular complexity index is 1050. The molecule has 0 fully saturated rings. The van der Waals surface area contributed by atoms with Crippen molar-refractivity contribution >= 4 is 10.0 Å². The van der Waals surface area contributed by atoms with Gasteiger partial charge in [-0.1, -0.05) is 18.2 Å². The summed E-state index contributed by atoms with van der Waals surface area (Å²) in [5.74, 6) is 0. The van der Waals surface area contributed by atoms with Crippen LogP contribution in [0, 0.1) is 20.8 Å². The van der Waals surface area contributed by atoms with E-state index < -0.39 is 16.1 Å². The molecule has 1 aromatic carbocycles. The van der Waals surface area contributed by atoms with Crippen LogP contribution in [0.25, 0.3) is 5.69 Å². The Morgan fingerprint density at radius 2 is 1.78 bits per heavy atom. The van der Waals surface area contributed by atoms with E-state index in [1.807, 2.05) is 55.8 Å². The van der Waals surface area contributed by atoms with E-state index >= 15 is 0 Å². The summed E-state index contributed by atoms with van der Waals surface area (Å²) >= 11 is 0. The SMILES string of the molecule is CCn1ncc(C(C)NS(=O)(=O)c2c(C)nn(-c3ccccc3)c2C)c1C. The van der Waals surface area contributed by atoms with Gasteiger partial charge in [-0.15, -0.1) is 0 Å². The lowest BCUT2D eigenvalue weighted by Gasteiger charge is -2.15. The summed E-state index contributed by atoms with van der Waals surface area (Å²) < 4.78 is 32.5. The number of aryl methyl sites for hydroxylation is 2. The van der Waals surface area contributed by atoms with Crippen molar-refractivity contribution in [2.45, 2.75) is 52.1 Å². The van der Waals surface area contributed by atoms with Crippen LogP contribution in [0.5, 0.6) is 0 Å². The largest absolute Gasteiger partial charge is 0.270 e.